The summed E-state index contributed by atoms with van der Waals surface area (Å²) in [4.78, 5) is 8.01. The molecule has 2 heterocycles. The smallest absolute Gasteiger partial charge is 0.147 e. The Labute approximate surface area is 88.0 Å². The zero-order chi connectivity index (χ0) is 10.5. The molecule has 0 aliphatic rings. The number of anilines is 1. The van der Waals surface area contributed by atoms with E-state index in [1.165, 1.54) is 0 Å². The van der Waals surface area contributed by atoms with Crippen LogP contribution in [0.1, 0.15) is 0 Å². The van der Waals surface area contributed by atoms with Crippen LogP contribution in [0.3, 0.4) is 0 Å². The van der Waals surface area contributed by atoms with Gasteiger partial charge in [-0.1, -0.05) is 0 Å². The zero-order valence-electron chi connectivity index (χ0n) is 8.34. The van der Waals surface area contributed by atoms with E-state index in [0.29, 0.717) is 11.5 Å². The van der Waals surface area contributed by atoms with E-state index in [2.05, 4.69) is 15.3 Å². The summed E-state index contributed by atoms with van der Waals surface area (Å²) < 4.78 is 5.56. The highest BCUT2D eigenvalue weighted by molar-refractivity contribution is 5.45. The average molecular weight is 201 g/mol. The summed E-state index contributed by atoms with van der Waals surface area (Å²) in [6.45, 7) is 0. The van der Waals surface area contributed by atoms with Gasteiger partial charge in [0.25, 0.3) is 0 Å². The summed E-state index contributed by atoms with van der Waals surface area (Å²) in [6.07, 6.45) is 6.76. The molecule has 0 saturated heterocycles. The van der Waals surface area contributed by atoms with Crippen molar-refractivity contribution in [3.8, 4) is 11.5 Å². The molecule has 0 unspecified atom stereocenters. The molecule has 4 nitrogen and oxygen atoms in total. The average Bonchev–Trinajstić information content (AvgIpc) is 2.31. The minimum atomic E-state index is 0.690. The standard InChI is InChI=1S/C11H11N3O/c1-12-9-5-11(8-14-6-9)15-10-3-2-4-13-7-10/h2-8,12H,1H3. The third-order valence-electron chi connectivity index (χ3n) is 1.87. The van der Waals surface area contributed by atoms with Gasteiger partial charge < -0.3 is 10.1 Å². The summed E-state index contributed by atoms with van der Waals surface area (Å²) in [6, 6.07) is 5.55. The first-order valence-corrected chi connectivity index (χ1v) is 4.59. The minimum absolute atomic E-state index is 0.690. The maximum Gasteiger partial charge on any atom is 0.147 e. The Morgan fingerprint density at radius 2 is 2.00 bits per heavy atom. The van der Waals surface area contributed by atoms with E-state index in [-0.39, 0.29) is 0 Å². The molecule has 4 heteroatoms. The largest absolute Gasteiger partial charge is 0.454 e. The number of hydrogen-bond donors (Lipinski definition) is 1. The van der Waals surface area contributed by atoms with Gasteiger partial charge in [0.1, 0.15) is 11.5 Å². The molecule has 0 aliphatic heterocycles. The molecule has 1 N–H and O–H groups in total. The van der Waals surface area contributed by atoms with Gasteiger partial charge in [-0.05, 0) is 12.1 Å². The summed E-state index contributed by atoms with van der Waals surface area (Å²) in [5.74, 6) is 1.39. The number of pyridine rings is 2. The normalized spacial score (nSPS) is 9.67. The predicted molar refractivity (Wildman–Crippen MR) is 58.1 cm³/mol. The van der Waals surface area contributed by atoms with Gasteiger partial charge in [0.05, 0.1) is 24.3 Å². The molecule has 76 valence electrons. The lowest BCUT2D eigenvalue weighted by Crippen LogP contribution is -1.91. The number of ether oxygens (including phenoxy) is 1. The van der Waals surface area contributed by atoms with Gasteiger partial charge in [-0.3, -0.25) is 9.97 Å². The second-order valence-electron chi connectivity index (χ2n) is 2.95. The van der Waals surface area contributed by atoms with Crippen LogP contribution in [0.4, 0.5) is 5.69 Å². The molecule has 0 fully saturated rings. The molecule has 0 aromatic carbocycles. The van der Waals surface area contributed by atoms with Gasteiger partial charge in [0, 0.05) is 19.3 Å². The molecule has 0 amide bonds. The van der Waals surface area contributed by atoms with Crippen LogP contribution in [-0.2, 0) is 0 Å². The van der Waals surface area contributed by atoms with Crippen LogP contribution in [0.5, 0.6) is 11.5 Å². The SMILES string of the molecule is CNc1cncc(Oc2cccnc2)c1. The number of rotatable bonds is 3. The lowest BCUT2D eigenvalue weighted by atomic mass is 10.4. The number of aromatic nitrogens is 2. The van der Waals surface area contributed by atoms with Crippen molar-refractivity contribution in [2.24, 2.45) is 0 Å². The molecule has 0 radical (unpaired) electrons. The molecule has 0 saturated carbocycles. The molecule has 0 bridgehead atoms. The third kappa shape index (κ3) is 2.43. The highest BCUT2D eigenvalue weighted by Gasteiger charge is 1.98. The summed E-state index contributed by atoms with van der Waals surface area (Å²) in [7, 11) is 1.84. The van der Waals surface area contributed by atoms with E-state index in [9.17, 15) is 0 Å². The maximum atomic E-state index is 5.56. The summed E-state index contributed by atoms with van der Waals surface area (Å²) in [5, 5.41) is 3.00. The van der Waals surface area contributed by atoms with Gasteiger partial charge in [0.15, 0.2) is 0 Å². The van der Waals surface area contributed by atoms with Gasteiger partial charge >= 0.3 is 0 Å². The lowest BCUT2D eigenvalue weighted by Gasteiger charge is -2.05. The quantitative estimate of drug-likeness (QED) is 0.827. The van der Waals surface area contributed by atoms with Gasteiger partial charge in [0.2, 0.25) is 0 Å². The van der Waals surface area contributed by atoms with Crippen molar-refractivity contribution in [1.82, 2.24) is 9.97 Å². The first-order valence-electron chi connectivity index (χ1n) is 4.59. The second kappa shape index (κ2) is 4.41. The number of hydrogen-bond acceptors (Lipinski definition) is 4. The number of nitrogens with one attached hydrogen (secondary N) is 1. The number of nitrogens with zero attached hydrogens (tertiary/aromatic N) is 2. The molecule has 15 heavy (non-hydrogen) atoms. The topological polar surface area (TPSA) is 47.0 Å². The van der Waals surface area contributed by atoms with E-state index < -0.39 is 0 Å². The predicted octanol–water partition coefficient (Wildman–Crippen LogP) is 2.31. The van der Waals surface area contributed by atoms with Crippen LogP contribution < -0.4 is 10.1 Å². The Kier molecular flexibility index (Phi) is 2.78. The molecule has 0 spiro atoms. The second-order valence-corrected chi connectivity index (χ2v) is 2.95. The van der Waals surface area contributed by atoms with E-state index in [1.807, 2.05) is 25.2 Å². The first-order chi connectivity index (χ1) is 7.38. The molecular formula is C11H11N3O. The van der Waals surface area contributed by atoms with Crippen LogP contribution in [0, 0.1) is 0 Å². The zero-order valence-corrected chi connectivity index (χ0v) is 8.34. The van der Waals surface area contributed by atoms with Gasteiger partial charge in [-0.15, -0.1) is 0 Å². The van der Waals surface area contributed by atoms with Crippen LogP contribution in [0.2, 0.25) is 0 Å². The molecule has 0 aliphatic carbocycles. The minimum Gasteiger partial charge on any atom is -0.454 e. The molecule has 0 atom stereocenters. The van der Waals surface area contributed by atoms with E-state index in [0.717, 1.165) is 5.69 Å². The lowest BCUT2D eigenvalue weighted by molar-refractivity contribution is 0.478. The highest BCUT2D eigenvalue weighted by Crippen LogP contribution is 2.21. The van der Waals surface area contributed by atoms with Crippen molar-refractivity contribution >= 4 is 5.69 Å². The molecular weight excluding hydrogens is 190 g/mol. The Balaban J connectivity index is 2.17. The summed E-state index contributed by atoms with van der Waals surface area (Å²) in [5.41, 5.74) is 0.913. The van der Waals surface area contributed by atoms with Crippen molar-refractivity contribution in [1.29, 1.82) is 0 Å². The fourth-order valence-electron chi connectivity index (χ4n) is 1.15. The van der Waals surface area contributed by atoms with Gasteiger partial charge in [-0.25, -0.2) is 0 Å². The van der Waals surface area contributed by atoms with Crippen LogP contribution in [0.15, 0.2) is 43.0 Å². The van der Waals surface area contributed by atoms with Gasteiger partial charge in [-0.2, -0.15) is 0 Å². The van der Waals surface area contributed by atoms with Crippen molar-refractivity contribution in [2.75, 3.05) is 12.4 Å². The fourth-order valence-corrected chi connectivity index (χ4v) is 1.15. The van der Waals surface area contributed by atoms with Crippen molar-refractivity contribution in [3.63, 3.8) is 0 Å². The third-order valence-corrected chi connectivity index (χ3v) is 1.87. The first kappa shape index (κ1) is 9.45. The van der Waals surface area contributed by atoms with E-state index in [4.69, 9.17) is 4.74 Å². The highest BCUT2D eigenvalue weighted by atomic mass is 16.5. The van der Waals surface area contributed by atoms with E-state index >= 15 is 0 Å². The Hall–Kier alpha value is -2.10. The maximum absolute atomic E-state index is 5.56. The molecule has 2 aromatic heterocycles. The Morgan fingerprint density at radius 3 is 2.73 bits per heavy atom. The fraction of sp³-hybridized carbons (Fsp3) is 0.0909. The molecule has 2 aromatic rings. The van der Waals surface area contributed by atoms with Crippen LogP contribution >= 0.6 is 0 Å². The Morgan fingerprint density at radius 1 is 1.13 bits per heavy atom. The van der Waals surface area contributed by atoms with Crippen LogP contribution in [-0.4, -0.2) is 17.0 Å². The van der Waals surface area contributed by atoms with Crippen molar-refractivity contribution in [3.05, 3.63) is 43.0 Å². The van der Waals surface area contributed by atoms with Crippen molar-refractivity contribution < 1.29 is 4.74 Å². The van der Waals surface area contributed by atoms with Crippen LogP contribution in [0.25, 0.3) is 0 Å². The molecule has 2 rings (SSSR count). The van der Waals surface area contributed by atoms with Crippen molar-refractivity contribution in [2.45, 2.75) is 0 Å². The van der Waals surface area contributed by atoms with E-state index in [1.54, 1.807) is 24.8 Å². The Bertz CT molecular complexity index is 431. The monoisotopic (exact) mass is 201 g/mol. The summed E-state index contributed by atoms with van der Waals surface area (Å²) >= 11 is 0.